The molecule has 4 nitrogen and oxygen atoms in total. The van der Waals surface area contributed by atoms with E-state index in [1.165, 1.54) is 12.4 Å². The molecule has 0 aromatic carbocycles. The highest BCUT2D eigenvalue weighted by Gasteiger charge is 2.06. The van der Waals surface area contributed by atoms with E-state index in [1.54, 1.807) is 0 Å². The molecule has 0 amide bonds. The average molecular weight is 201 g/mol. The molecule has 0 radical (unpaired) electrons. The van der Waals surface area contributed by atoms with E-state index < -0.39 is 5.97 Å². The number of esters is 1. The van der Waals surface area contributed by atoms with Gasteiger partial charge in [0.05, 0.1) is 12.2 Å². The molecule has 1 rings (SSSR count). The van der Waals surface area contributed by atoms with Crippen molar-refractivity contribution < 1.29 is 9.53 Å². The summed E-state index contributed by atoms with van der Waals surface area (Å²) in [5, 5.41) is 0.118. The van der Waals surface area contributed by atoms with Crippen LogP contribution in [0.2, 0.25) is 5.28 Å². The van der Waals surface area contributed by atoms with Gasteiger partial charge < -0.3 is 4.74 Å². The Morgan fingerprint density at radius 2 is 2.15 bits per heavy atom. The lowest BCUT2D eigenvalue weighted by Gasteiger charge is -2.01. The SMILES string of the molecule is CCCOC(=O)c1cnc(Cl)nc1. The molecule has 0 N–H and O–H groups in total. The highest BCUT2D eigenvalue weighted by molar-refractivity contribution is 6.28. The zero-order valence-electron chi connectivity index (χ0n) is 7.16. The van der Waals surface area contributed by atoms with Gasteiger partial charge >= 0.3 is 5.97 Å². The van der Waals surface area contributed by atoms with Crippen LogP contribution < -0.4 is 0 Å². The number of carbonyl (C=O) groups is 1. The van der Waals surface area contributed by atoms with Gasteiger partial charge in [-0.25, -0.2) is 14.8 Å². The van der Waals surface area contributed by atoms with Crippen molar-refractivity contribution in [1.29, 1.82) is 0 Å². The van der Waals surface area contributed by atoms with Crippen LogP contribution in [0, 0.1) is 0 Å². The van der Waals surface area contributed by atoms with Crippen molar-refractivity contribution in [3.63, 3.8) is 0 Å². The number of hydrogen-bond donors (Lipinski definition) is 0. The Labute approximate surface area is 80.9 Å². The van der Waals surface area contributed by atoms with Crippen LogP contribution in [0.5, 0.6) is 0 Å². The van der Waals surface area contributed by atoms with Crippen molar-refractivity contribution in [3.05, 3.63) is 23.2 Å². The van der Waals surface area contributed by atoms with Crippen LogP contribution >= 0.6 is 11.6 Å². The first-order valence-corrected chi connectivity index (χ1v) is 4.26. The number of nitrogens with zero attached hydrogens (tertiary/aromatic N) is 2. The number of aromatic nitrogens is 2. The molecular formula is C8H9ClN2O2. The van der Waals surface area contributed by atoms with Crippen LogP contribution in [-0.4, -0.2) is 22.5 Å². The molecular weight excluding hydrogens is 192 g/mol. The summed E-state index contributed by atoms with van der Waals surface area (Å²) in [5.41, 5.74) is 0.317. The Kier molecular flexibility index (Phi) is 3.64. The van der Waals surface area contributed by atoms with Gasteiger partial charge in [0.1, 0.15) is 0 Å². The fourth-order valence-corrected chi connectivity index (χ4v) is 0.793. The predicted molar refractivity (Wildman–Crippen MR) is 47.6 cm³/mol. The molecule has 1 aromatic heterocycles. The van der Waals surface area contributed by atoms with Gasteiger partial charge in [-0.3, -0.25) is 0 Å². The minimum Gasteiger partial charge on any atom is -0.462 e. The highest BCUT2D eigenvalue weighted by Crippen LogP contribution is 2.02. The Morgan fingerprint density at radius 1 is 1.54 bits per heavy atom. The lowest BCUT2D eigenvalue weighted by atomic mass is 10.3. The number of hydrogen-bond acceptors (Lipinski definition) is 4. The predicted octanol–water partition coefficient (Wildman–Crippen LogP) is 1.70. The summed E-state index contributed by atoms with van der Waals surface area (Å²) in [5.74, 6) is -0.418. The Balaban J connectivity index is 2.61. The molecule has 70 valence electrons. The quantitative estimate of drug-likeness (QED) is 0.551. The monoisotopic (exact) mass is 200 g/mol. The standard InChI is InChI=1S/C8H9ClN2O2/c1-2-3-13-7(12)6-4-10-8(9)11-5-6/h4-5H,2-3H2,1H3. The van der Waals surface area contributed by atoms with Crippen LogP contribution in [0.4, 0.5) is 0 Å². The number of halogens is 1. The van der Waals surface area contributed by atoms with Gasteiger partial charge in [0.15, 0.2) is 0 Å². The largest absolute Gasteiger partial charge is 0.462 e. The van der Waals surface area contributed by atoms with Crippen molar-refractivity contribution in [3.8, 4) is 0 Å². The van der Waals surface area contributed by atoms with E-state index >= 15 is 0 Å². The molecule has 5 heteroatoms. The van der Waals surface area contributed by atoms with Crippen LogP contribution in [-0.2, 0) is 4.74 Å². The first-order valence-electron chi connectivity index (χ1n) is 3.88. The molecule has 0 saturated heterocycles. The van der Waals surface area contributed by atoms with Crippen molar-refractivity contribution in [2.45, 2.75) is 13.3 Å². The highest BCUT2D eigenvalue weighted by atomic mass is 35.5. The summed E-state index contributed by atoms with van der Waals surface area (Å²) < 4.78 is 4.86. The maximum absolute atomic E-state index is 11.2. The zero-order valence-corrected chi connectivity index (χ0v) is 7.91. The summed E-state index contributed by atoms with van der Waals surface area (Å²) in [7, 11) is 0. The topological polar surface area (TPSA) is 52.1 Å². The van der Waals surface area contributed by atoms with Gasteiger partial charge in [0, 0.05) is 12.4 Å². The second kappa shape index (κ2) is 4.77. The number of ether oxygens (including phenoxy) is 1. The molecule has 0 bridgehead atoms. The van der Waals surface area contributed by atoms with Crippen molar-refractivity contribution in [2.24, 2.45) is 0 Å². The van der Waals surface area contributed by atoms with Gasteiger partial charge in [0.2, 0.25) is 5.28 Å². The average Bonchev–Trinajstić information content (AvgIpc) is 2.15. The van der Waals surface area contributed by atoms with E-state index in [2.05, 4.69) is 9.97 Å². The van der Waals surface area contributed by atoms with Crippen molar-refractivity contribution in [1.82, 2.24) is 9.97 Å². The smallest absolute Gasteiger partial charge is 0.341 e. The summed E-state index contributed by atoms with van der Waals surface area (Å²) in [6.45, 7) is 2.33. The number of carbonyl (C=O) groups excluding carboxylic acids is 1. The molecule has 0 aliphatic heterocycles. The maximum atomic E-state index is 11.2. The summed E-state index contributed by atoms with van der Waals surface area (Å²) in [6, 6.07) is 0. The van der Waals surface area contributed by atoms with Crippen LogP contribution in [0.25, 0.3) is 0 Å². The third kappa shape index (κ3) is 2.99. The van der Waals surface area contributed by atoms with Crippen LogP contribution in [0.1, 0.15) is 23.7 Å². The molecule has 0 spiro atoms. The van der Waals surface area contributed by atoms with E-state index in [4.69, 9.17) is 16.3 Å². The minimum absolute atomic E-state index is 0.118. The molecule has 0 atom stereocenters. The molecule has 1 aromatic rings. The third-order valence-electron chi connectivity index (χ3n) is 1.29. The normalized spacial score (nSPS) is 9.69. The molecule has 0 saturated carbocycles. The third-order valence-corrected chi connectivity index (χ3v) is 1.49. The molecule has 0 fully saturated rings. The van der Waals surface area contributed by atoms with E-state index in [0.29, 0.717) is 12.2 Å². The van der Waals surface area contributed by atoms with Crippen LogP contribution in [0.15, 0.2) is 12.4 Å². The Bertz CT molecular complexity index is 287. The molecule has 1 heterocycles. The molecule has 0 aliphatic rings. The fourth-order valence-electron chi connectivity index (χ4n) is 0.696. The minimum atomic E-state index is -0.418. The first-order chi connectivity index (χ1) is 6.24. The maximum Gasteiger partial charge on any atom is 0.341 e. The van der Waals surface area contributed by atoms with E-state index in [1.807, 2.05) is 6.92 Å². The van der Waals surface area contributed by atoms with E-state index in [0.717, 1.165) is 6.42 Å². The molecule has 13 heavy (non-hydrogen) atoms. The first kappa shape index (κ1) is 9.92. The summed E-state index contributed by atoms with van der Waals surface area (Å²) in [6.07, 6.45) is 3.47. The van der Waals surface area contributed by atoms with Crippen LogP contribution in [0.3, 0.4) is 0 Å². The number of rotatable bonds is 3. The summed E-state index contributed by atoms with van der Waals surface area (Å²) >= 11 is 5.45. The Morgan fingerprint density at radius 3 is 2.69 bits per heavy atom. The van der Waals surface area contributed by atoms with Gasteiger partial charge in [0.25, 0.3) is 0 Å². The Hall–Kier alpha value is -1.16. The lowest BCUT2D eigenvalue weighted by Crippen LogP contribution is -2.06. The molecule has 0 aliphatic carbocycles. The zero-order chi connectivity index (χ0) is 9.68. The van der Waals surface area contributed by atoms with E-state index in [-0.39, 0.29) is 5.28 Å². The van der Waals surface area contributed by atoms with Crippen molar-refractivity contribution >= 4 is 17.6 Å². The van der Waals surface area contributed by atoms with Gasteiger partial charge in [-0.15, -0.1) is 0 Å². The van der Waals surface area contributed by atoms with Gasteiger partial charge in [-0.2, -0.15) is 0 Å². The lowest BCUT2D eigenvalue weighted by molar-refractivity contribution is 0.0504. The molecule has 0 unspecified atom stereocenters. The second-order valence-corrected chi connectivity index (χ2v) is 2.71. The van der Waals surface area contributed by atoms with Crippen molar-refractivity contribution in [2.75, 3.05) is 6.61 Å². The van der Waals surface area contributed by atoms with Gasteiger partial charge in [-0.1, -0.05) is 6.92 Å². The van der Waals surface area contributed by atoms with E-state index in [9.17, 15) is 4.79 Å². The van der Waals surface area contributed by atoms with Gasteiger partial charge in [-0.05, 0) is 18.0 Å². The fraction of sp³-hybridized carbons (Fsp3) is 0.375. The second-order valence-electron chi connectivity index (χ2n) is 2.38. The summed E-state index contributed by atoms with van der Waals surface area (Å²) in [4.78, 5) is 18.5.